The van der Waals surface area contributed by atoms with Gasteiger partial charge in [0.05, 0.1) is 0 Å². The molecule has 1 rings (SSSR count). The number of nitrogens with one attached hydrogen (secondary N) is 1. The molecular weight excluding hydrogens is 122 g/mol. The van der Waals surface area contributed by atoms with Crippen LogP contribution in [0.25, 0.3) is 0 Å². The normalized spacial score (nSPS) is 21.0. The summed E-state index contributed by atoms with van der Waals surface area (Å²) in [5.74, 6) is 0. The maximum absolute atomic E-state index is 3.03. The second-order valence-corrected chi connectivity index (χ2v) is 2.44. The second kappa shape index (κ2) is 3.25. The van der Waals surface area contributed by atoms with E-state index >= 15 is 0 Å². The standard InChI is InChI=1S/C9H13N/c1-8-5-3-4-6-9(8)7-10-2/h3-5,7,10H,6H2,1-2H3/b9-7+. The average Bonchev–Trinajstić information content (AvgIpc) is 1.94. The van der Waals surface area contributed by atoms with Crippen LogP contribution in [0.2, 0.25) is 0 Å². The molecule has 0 spiro atoms. The number of hydrogen-bond donors (Lipinski definition) is 1. The highest BCUT2D eigenvalue weighted by Crippen LogP contribution is 2.17. The van der Waals surface area contributed by atoms with E-state index in [9.17, 15) is 0 Å². The van der Waals surface area contributed by atoms with E-state index in [0.717, 1.165) is 6.42 Å². The van der Waals surface area contributed by atoms with E-state index in [1.807, 2.05) is 7.05 Å². The first-order chi connectivity index (χ1) is 4.84. The van der Waals surface area contributed by atoms with Gasteiger partial charge in [-0.05, 0) is 30.7 Å². The van der Waals surface area contributed by atoms with Crippen LogP contribution in [0.5, 0.6) is 0 Å². The first-order valence-corrected chi connectivity index (χ1v) is 3.54. The zero-order chi connectivity index (χ0) is 7.40. The Bertz CT molecular complexity index is 197. The SMILES string of the molecule is CN/C=C1\CC=CC=C1C. The summed E-state index contributed by atoms with van der Waals surface area (Å²) in [5, 5.41) is 3.03. The Labute approximate surface area is 62.1 Å². The van der Waals surface area contributed by atoms with Gasteiger partial charge in [0.1, 0.15) is 0 Å². The fraction of sp³-hybridized carbons (Fsp3) is 0.333. The van der Waals surface area contributed by atoms with Crippen molar-refractivity contribution in [3.63, 3.8) is 0 Å². The lowest BCUT2D eigenvalue weighted by Crippen LogP contribution is -1.98. The number of rotatable bonds is 1. The van der Waals surface area contributed by atoms with E-state index in [2.05, 4.69) is 36.7 Å². The Morgan fingerprint density at radius 3 is 3.00 bits per heavy atom. The fourth-order valence-electron chi connectivity index (χ4n) is 1.02. The summed E-state index contributed by atoms with van der Waals surface area (Å²) in [6, 6.07) is 0. The third kappa shape index (κ3) is 1.50. The van der Waals surface area contributed by atoms with Crippen molar-refractivity contribution in [1.29, 1.82) is 0 Å². The molecule has 1 nitrogen and oxygen atoms in total. The van der Waals surface area contributed by atoms with Crippen molar-refractivity contribution in [2.75, 3.05) is 7.05 Å². The van der Waals surface area contributed by atoms with Gasteiger partial charge in [0.15, 0.2) is 0 Å². The lowest BCUT2D eigenvalue weighted by Gasteiger charge is -2.07. The predicted molar refractivity (Wildman–Crippen MR) is 44.7 cm³/mol. The van der Waals surface area contributed by atoms with Crippen LogP contribution in [-0.4, -0.2) is 7.05 Å². The van der Waals surface area contributed by atoms with E-state index < -0.39 is 0 Å². The predicted octanol–water partition coefficient (Wildman–Crippen LogP) is 2.00. The number of hydrogen-bond acceptors (Lipinski definition) is 1. The van der Waals surface area contributed by atoms with Gasteiger partial charge in [0, 0.05) is 7.05 Å². The molecule has 0 amide bonds. The Kier molecular flexibility index (Phi) is 2.32. The van der Waals surface area contributed by atoms with Gasteiger partial charge in [0.2, 0.25) is 0 Å². The molecule has 10 heavy (non-hydrogen) atoms. The Morgan fingerprint density at radius 1 is 1.60 bits per heavy atom. The molecule has 0 radical (unpaired) electrons. The molecule has 0 heterocycles. The zero-order valence-corrected chi connectivity index (χ0v) is 6.52. The van der Waals surface area contributed by atoms with Crippen molar-refractivity contribution in [3.8, 4) is 0 Å². The van der Waals surface area contributed by atoms with Crippen molar-refractivity contribution in [2.24, 2.45) is 0 Å². The van der Waals surface area contributed by atoms with Crippen LogP contribution >= 0.6 is 0 Å². The third-order valence-electron chi connectivity index (χ3n) is 1.65. The molecule has 54 valence electrons. The molecule has 1 heteroatoms. The van der Waals surface area contributed by atoms with Gasteiger partial charge < -0.3 is 5.32 Å². The minimum atomic E-state index is 1.06. The highest BCUT2D eigenvalue weighted by atomic mass is 14.8. The van der Waals surface area contributed by atoms with Gasteiger partial charge in [-0.25, -0.2) is 0 Å². The van der Waals surface area contributed by atoms with Gasteiger partial charge in [0.25, 0.3) is 0 Å². The zero-order valence-electron chi connectivity index (χ0n) is 6.52. The monoisotopic (exact) mass is 135 g/mol. The molecule has 0 aromatic heterocycles. The van der Waals surface area contributed by atoms with Gasteiger partial charge in [-0.3, -0.25) is 0 Å². The summed E-state index contributed by atoms with van der Waals surface area (Å²) in [6.07, 6.45) is 9.50. The summed E-state index contributed by atoms with van der Waals surface area (Å²) in [7, 11) is 1.93. The second-order valence-electron chi connectivity index (χ2n) is 2.44. The lowest BCUT2D eigenvalue weighted by atomic mass is 10.0. The van der Waals surface area contributed by atoms with E-state index in [4.69, 9.17) is 0 Å². The van der Waals surface area contributed by atoms with Crippen LogP contribution in [0, 0.1) is 0 Å². The minimum absolute atomic E-state index is 1.06. The maximum Gasteiger partial charge on any atom is 0.00278 e. The van der Waals surface area contributed by atoms with Gasteiger partial charge in [-0.2, -0.15) is 0 Å². The Morgan fingerprint density at radius 2 is 2.40 bits per heavy atom. The summed E-state index contributed by atoms with van der Waals surface area (Å²) in [6.45, 7) is 2.13. The average molecular weight is 135 g/mol. The highest BCUT2D eigenvalue weighted by Gasteiger charge is 1.99. The molecular formula is C9H13N. The fourth-order valence-corrected chi connectivity index (χ4v) is 1.02. The van der Waals surface area contributed by atoms with Crippen molar-refractivity contribution in [1.82, 2.24) is 5.32 Å². The molecule has 1 aliphatic carbocycles. The molecule has 0 saturated heterocycles. The Hall–Kier alpha value is -0.980. The van der Waals surface area contributed by atoms with E-state index in [1.165, 1.54) is 11.1 Å². The maximum atomic E-state index is 3.03. The quantitative estimate of drug-likeness (QED) is 0.580. The molecule has 0 fully saturated rings. The molecule has 0 atom stereocenters. The molecule has 0 aliphatic heterocycles. The van der Waals surface area contributed by atoms with Crippen LogP contribution in [0.4, 0.5) is 0 Å². The smallest absolute Gasteiger partial charge is 0.00278 e. The topological polar surface area (TPSA) is 12.0 Å². The van der Waals surface area contributed by atoms with Gasteiger partial charge in [-0.15, -0.1) is 0 Å². The molecule has 0 aromatic rings. The first kappa shape index (κ1) is 7.13. The first-order valence-electron chi connectivity index (χ1n) is 3.54. The molecule has 1 N–H and O–H groups in total. The third-order valence-corrected chi connectivity index (χ3v) is 1.65. The summed E-state index contributed by atoms with van der Waals surface area (Å²) < 4.78 is 0. The van der Waals surface area contributed by atoms with Crippen LogP contribution in [0.3, 0.4) is 0 Å². The van der Waals surface area contributed by atoms with E-state index in [-0.39, 0.29) is 0 Å². The summed E-state index contributed by atoms with van der Waals surface area (Å²) in [5.41, 5.74) is 2.74. The van der Waals surface area contributed by atoms with Crippen molar-refractivity contribution in [2.45, 2.75) is 13.3 Å². The van der Waals surface area contributed by atoms with Gasteiger partial charge in [-0.1, -0.05) is 18.2 Å². The Balaban J connectivity index is 2.73. The molecule has 0 saturated carbocycles. The summed E-state index contributed by atoms with van der Waals surface area (Å²) >= 11 is 0. The van der Waals surface area contributed by atoms with E-state index in [1.54, 1.807) is 0 Å². The van der Waals surface area contributed by atoms with Crippen LogP contribution in [0.15, 0.2) is 35.6 Å². The number of allylic oxidation sites excluding steroid dienone is 5. The molecule has 0 aromatic carbocycles. The van der Waals surface area contributed by atoms with Crippen molar-refractivity contribution in [3.05, 3.63) is 35.6 Å². The van der Waals surface area contributed by atoms with Gasteiger partial charge >= 0.3 is 0 Å². The lowest BCUT2D eigenvalue weighted by molar-refractivity contribution is 1.04. The summed E-state index contributed by atoms with van der Waals surface area (Å²) in [4.78, 5) is 0. The van der Waals surface area contributed by atoms with Crippen LogP contribution in [-0.2, 0) is 0 Å². The minimum Gasteiger partial charge on any atom is -0.394 e. The van der Waals surface area contributed by atoms with E-state index in [0.29, 0.717) is 0 Å². The van der Waals surface area contributed by atoms with Crippen LogP contribution in [0.1, 0.15) is 13.3 Å². The molecule has 0 unspecified atom stereocenters. The molecule has 0 bridgehead atoms. The van der Waals surface area contributed by atoms with Crippen molar-refractivity contribution < 1.29 is 0 Å². The van der Waals surface area contributed by atoms with Crippen molar-refractivity contribution >= 4 is 0 Å². The molecule has 1 aliphatic rings. The van der Waals surface area contributed by atoms with Crippen LogP contribution < -0.4 is 5.32 Å². The largest absolute Gasteiger partial charge is 0.394 e. The highest BCUT2D eigenvalue weighted by molar-refractivity contribution is 5.37.